The maximum absolute atomic E-state index is 12.6. The van der Waals surface area contributed by atoms with E-state index in [4.69, 9.17) is 0 Å². The molecule has 1 aromatic carbocycles. The Balaban J connectivity index is 2.01. The van der Waals surface area contributed by atoms with Gasteiger partial charge in [0.2, 0.25) is 15.9 Å². The van der Waals surface area contributed by atoms with Crippen molar-refractivity contribution in [3.8, 4) is 0 Å². The zero-order valence-corrected chi connectivity index (χ0v) is 18.0. The maximum atomic E-state index is 12.6. The number of aryl methyl sites for hydroxylation is 2. The molecular formula is C20H33N3O3S. The lowest BCUT2D eigenvalue weighted by atomic mass is 9.94. The van der Waals surface area contributed by atoms with E-state index < -0.39 is 16.1 Å². The number of hydrogen-bond donors (Lipinski definition) is 1. The Kier molecular flexibility index (Phi) is 7.28. The van der Waals surface area contributed by atoms with Gasteiger partial charge in [0.05, 0.1) is 11.9 Å². The molecule has 6 nitrogen and oxygen atoms in total. The van der Waals surface area contributed by atoms with E-state index in [2.05, 4.69) is 17.3 Å². The van der Waals surface area contributed by atoms with Crippen molar-refractivity contribution >= 4 is 21.6 Å². The zero-order valence-electron chi connectivity index (χ0n) is 17.2. The number of nitrogens with one attached hydrogen (secondary N) is 1. The highest BCUT2D eigenvalue weighted by molar-refractivity contribution is 7.92. The van der Waals surface area contributed by atoms with Crippen LogP contribution in [0.4, 0.5) is 5.69 Å². The Morgan fingerprint density at radius 2 is 1.89 bits per heavy atom. The molecule has 7 heteroatoms. The molecule has 1 aromatic rings. The third kappa shape index (κ3) is 5.94. The van der Waals surface area contributed by atoms with Gasteiger partial charge in [-0.25, -0.2) is 8.42 Å². The molecule has 1 atom stereocenters. The summed E-state index contributed by atoms with van der Waals surface area (Å²) in [4.78, 5) is 14.9. The second-order valence-electron chi connectivity index (χ2n) is 7.83. The number of nitrogens with zero attached hydrogens (tertiary/aromatic N) is 2. The summed E-state index contributed by atoms with van der Waals surface area (Å²) in [6, 6.07) is 4.66. The summed E-state index contributed by atoms with van der Waals surface area (Å²) in [5.74, 6) is 0.370. The van der Waals surface area contributed by atoms with Crippen molar-refractivity contribution in [1.29, 1.82) is 0 Å². The molecular weight excluding hydrogens is 362 g/mol. The van der Waals surface area contributed by atoms with Crippen molar-refractivity contribution in [2.75, 3.05) is 37.2 Å². The Bertz CT molecular complexity index is 756. The molecule has 1 N–H and O–H groups in total. The van der Waals surface area contributed by atoms with Crippen LogP contribution in [0.15, 0.2) is 18.2 Å². The van der Waals surface area contributed by atoms with E-state index in [1.165, 1.54) is 4.31 Å². The molecule has 0 bridgehead atoms. The Hall–Kier alpha value is -1.60. The number of amides is 1. The van der Waals surface area contributed by atoms with Gasteiger partial charge in [-0.3, -0.25) is 9.10 Å². The van der Waals surface area contributed by atoms with Gasteiger partial charge in [-0.1, -0.05) is 6.07 Å². The number of carbonyl (C=O) groups excluding carboxylic acids is 1. The van der Waals surface area contributed by atoms with Crippen LogP contribution in [0.3, 0.4) is 0 Å². The summed E-state index contributed by atoms with van der Waals surface area (Å²) in [6.45, 7) is 8.34. The number of piperidine rings is 1. The first-order valence-corrected chi connectivity index (χ1v) is 11.5. The predicted molar refractivity (Wildman–Crippen MR) is 111 cm³/mol. The van der Waals surface area contributed by atoms with Gasteiger partial charge >= 0.3 is 0 Å². The molecule has 0 spiro atoms. The minimum Gasteiger partial charge on any atom is -0.354 e. The molecule has 152 valence electrons. The van der Waals surface area contributed by atoms with E-state index in [-0.39, 0.29) is 5.91 Å². The number of likely N-dealkylation sites (tertiary alicyclic amines) is 1. The minimum atomic E-state index is -3.58. The first kappa shape index (κ1) is 21.7. The topological polar surface area (TPSA) is 69.7 Å². The van der Waals surface area contributed by atoms with Crippen LogP contribution in [0.2, 0.25) is 0 Å². The second kappa shape index (κ2) is 9.06. The molecule has 1 aliphatic heterocycles. The van der Waals surface area contributed by atoms with Gasteiger partial charge in [0.25, 0.3) is 0 Å². The molecule has 0 aromatic heterocycles. The summed E-state index contributed by atoms with van der Waals surface area (Å²) in [5, 5.41) is 2.93. The van der Waals surface area contributed by atoms with Crippen molar-refractivity contribution in [2.24, 2.45) is 5.92 Å². The standard InChI is InChI=1S/C20H33N3O3S/c1-15-6-7-19(14-16(15)2)23(27(5,25)26)17(3)20(24)21-11-8-18-9-12-22(4)13-10-18/h6-7,14,17-18H,8-13H2,1-5H3,(H,21,24). The molecule has 2 rings (SSSR count). The molecule has 1 amide bonds. The van der Waals surface area contributed by atoms with E-state index in [0.29, 0.717) is 18.2 Å². The lowest BCUT2D eigenvalue weighted by Gasteiger charge is -2.30. The molecule has 1 saturated heterocycles. The van der Waals surface area contributed by atoms with E-state index in [1.807, 2.05) is 26.0 Å². The number of anilines is 1. The van der Waals surface area contributed by atoms with Gasteiger partial charge in [-0.2, -0.15) is 0 Å². The van der Waals surface area contributed by atoms with Crippen LogP contribution in [0.25, 0.3) is 0 Å². The number of carbonyl (C=O) groups is 1. The van der Waals surface area contributed by atoms with Crippen LogP contribution >= 0.6 is 0 Å². The fourth-order valence-electron chi connectivity index (χ4n) is 3.57. The van der Waals surface area contributed by atoms with Crippen LogP contribution in [0, 0.1) is 19.8 Å². The highest BCUT2D eigenvalue weighted by atomic mass is 32.2. The van der Waals surface area contributed by atoms with Crippen LogP contribution in [-0.4, -0.2) is 58.2 Å². The largest absolute Gasteiger partial charge is 0.354 e. The van der Waals surface area contributed by atoms with Gasteiger partial charge < -0.3 is 10.2 Å². The third-order valence-electron chi connectivity index (χ3n) is 5.52. The predicted octanol–water partition coefficient (Wildman–Crippen LogP) is 2.31. The molecule has 0 radical (unpaired) electrons. The summed E-state index contributed by atoms with van der Waals surface area (Å²) in [5.41, 5.74) is 2.61. The van der Waals surface area contributed by atoms with Crippen molar-refractivity contribution in [3.63, 3.8) is 0 Å². The first-order valence-electron chi connectivity index (χ1n) is 9.62. The SMILES string of the molecule is Cc1ccc(N(C(C)C(=O)NCCC2CCN(C)CC2)S(C)(=O)=O)cc1C. The number of hydrogen-bond acceptors (Lipinski definition) is 4. The quantitative estimate of drug-likeness (QED) is 0.769. The zero-order chi connectivity index (χ0) is 20.2. The summed E-state index contributed by atoms with van der Waals surface area (Å²) in [6.07, 6.45) is 4.39. The third-order valence-corrected chi connectivity index (χ3v) is 6.77. The van der Waals surface area contributed by atoms with E-state index in [1.54, 1.807) is 13.0 Å². The lowest BCUT2D eigenvalue weighted by Crippen LogP contribution is -2.48. The monoisotopic (exact) mass is 395 g/mol. The van der Waals surface area contributed by atoms with Crippen molar-refractivity contribution in [1.82, 2.24) is 10.2 Å². The average molecular weight is 396 g/mol. The summed E-state index contributed by atoms with van der Waals surface area (Å²) < 4.78 is 25.9. The fraction of sp³-hybridized carbons (Fsp3) is 0.650. The average Bonchev–Trinajstić information content (AvgIpc) is 2.58. The highest BCUT2D eigenvalue weighted by Crippen LogP contribution is 2.24. The van der Waals surface area contributed by atoms with Crippen molar-refractivity contribution in [2.45, 2.75) is 46.1 Å². The van der Waals surface area contributed by atoms with Gasteiger partial charge in [0, 0.05) is 6.54 Å². The van der Waals surface area contributed by atoms with Gasteiger partial charge in [0.15, 0.2) is 0 Å². The molecule has 1 heterocycles. The van der Waals surface area contributed by atoms with E-state index in [9.17, 15) is 13.2 Å². The molecule has 27 heavy (non-hydrogen) atoms. The number of rotatable bonds is 7. The Morgan fingerprint density at radius 3 is 2.44 bits per heavy atom. The fourth-order valence-corrected chi connectivity index (χ4v) is 4.74. The number of benzene rings is 1. The molecule has 1 aliphatic rings. The van der Waals surface area contributed by atoms with Crippen LogP contribution in [0.1, 0.15) is 37.3 Å². The van der Waals surface area contributed by atoms with Crippen molar-refractivity contribution < 1.29 is 13.2 Å². The lowest BCUT2D eigenvalue weighted by molar-refractivity contribution is -0.121. The molecule has 0 saturated carbocycles. The Morgan fingerprint density at radius 1 is 1.26 bits per heavy atom. The maximum Gasteiger partial charge on any atom is 0.243 e. The van der Waals surface area contributed by atoms with Crippen molar-refractivity contribution in [3.05, 3.63) is 29.3 Å². The van der Waals surface area contributed by atoms with Crippen LogP contribution in [0.5, 0.6) is 0 Å². The molecule has 1 fully saturated rings. The van der Waals surface area contributed by atoms with Gasteiger partial charge in [-0.05, 0) is 89.3 Å². The van der Waals surface area contributed by atoms with Gasteiger partial charge in [0.1, 0.15) is 6.04 Å². The van der Waals surface area contributed by atoms with E-state index >= 15 is 0 Å². The first-order chi connectivity index (χ1) is 12.6. The number of sulfonamides is 1. The second-order valence-corrected chi connectivity index (χ2v) is 9.69. The van der Waals surface area contributed by atoms with E-state index in [0.717, 1.165) is 49.7 Å². The van der Waals surface area contributed by atoms with Crippen LogP contribution < -0.4 is 9.62 Å². The summed E-state index contributed by atoms with van der Waals surface area (Å²) >= 11 is 0. The normalized spacial score (nSPS) is 17.5. The van der Waals surface area contributed by atoms with Crippen LogP contribution in [-0.2, 0) is 14.8 Å². The minimum absolute atomic E-state index is 0.258. The Labute approximate surface area is 164 Å². The van der Waals surface area contributed by atoms with Gasteiger partial charge in [-0.15, -0.1) is 0 Å². The highest BCUT2D eigenvalue weighted by Gasteiger charge is 2.29. The summed E-state index contributed by atoms with van der Waals surface area (Å²) in [7, 11) is -1.45. The molecule has 1 unspecified atom stereocenters. The smallest absolute Gasteiger partial charge is 0.243 e. The molecule has 0 aliphatic carbocycles.